The molecule has 0 atom stereocenters. The van der Waals surface area contributed by atoms with E-state index in [-0.39, 0.29) is 4.75 Å². The van der Waals surface area contributed by atoms with E-state index in [1.165, 1.54) is 24.2 Å². The Balaban J connectivity index is 2.69. The van der Waals surface area contributed by atoms with Crippen molar-refractivity contribution < 1.29 is 13.2 Å². The second kappa shape index (κ2) is 5.08. The number of rotatable bonds is 2. The normalized spacial score (nSPS) is 13.3. The number of pyridine rings is 1. The van der Waals surface area contributed by atoms with Gasteiger partial charge in [0, 0.05) is 10.9 Å². The minimum Gasteiger partial charge on any atom is -0.255 e. The van der Waals surface area contributed by atoms with Crippen LogP contribution in [0.1, 0.15) is 32.0 Å². The van der Waals surface area contributed by atoms with Crippen LogP contribution in [0.2, 0.25) is 0 Å². The monoisotopic (exact) mass is 262 g/mol. The van der Waals surface area contributed by atoms with E-state index < -0.39 is 11.7 Å². The molecule has 0 aromatic carbocycles. The summed E-state index contributed by atoms with van der Waals surface area (Å²) in [5.74, 6) is 0. The second-order valence-electron chi connectivity index (χ2n) is 4.41. The summed E-state index contributed by atoms with van der Waals surface area (Å²) in [6.45, 7) is 5.99. The van der Waals surface area contributed by atoms with Crippen LogP contribution in [0.5, 0.6) is 0 Å². The van der Waals surface area contributed by atoms with Crippen molar-refractivity contribution in [3.63, 3.8) is 0 Å². The fourth-order valence-electron chi connectivity index (χ4n) is 0.888. The number of aromatic nitrogens is 1. The van der Waals surface area contributed by atoms with Crippen LogP contribution in [0.25, 0.3) is 0 Å². The Labute approximate surface area is 102 Å². The minimum absolute atomic E-state index is 0.0254. The summed E-state index contributed by atoms with van der Waals surface area (Å²) in [7, 11) is 0. The molecular weight excluding hydrogens is 249 g/mol. The van der Waals surface area contributed by atoms with Crippen LogP contribution in [0.15, 0.2) is 22.7 Å². The van der Waals surface area contributed by atoms with Gasteiger partial charge in [0.2, 0.25) is 0 Å². The minimum atomic E-state index is -4.34. The van der Waals surface area contributed by atoms with Crippen molar-refractivity contribution in [2.45, 2.75) is 31.7 Å². The van der Waals surface area contributed by atoms with Crippen molar-refractivity contribution in [2.75, 3.05) is 0 Å². The summed E-state index contributed by atoms with van der Waals surface area (Å²) < 4.78 is 40.8. The van der Waals surface area contributed by atoms with E-state index in [0.717, 1.165) is 12.3 Å². The molecule has 1 rings (SSSR count). The first kappa shape index (κ1) is 14.0. The maximum Gasteiger partial charge on any atom is 0.417 e. The quantitative estimate of drug-likeness (QED) is 0.595. The first-order valence-corrected chi connectivity index (χ1v) is 5.71. The highest BCUT2D eigenvalue weighted by Gasteiger charge is 2.30. The largest absolute Gasteiger partial charge is 0.417 e. The van der Waals surface area contributed by atoms with Gasteiger partial charge in [0.05, 0.1) is 17.5 Å². The lowest BCUT2D eigenvalue weighted by Gasteiger charge is -2.12. The van der Waals surface area contributed by atoms with Crippen LogP contribution < -0.4 is 0 Å². The van der Waals surface area contributed by atoms with Gasteiger partial charge in [-0.05, 0) is 44.9 Å². The Morgan fingerprint density at radius 1 is 1.24 bits per heavy atom. The van der Waals surface area contributed by atoms with Gasteiger partial charge in [0.15, 0.2) is 0 Å². The summed E-state index contributed by atoms with van der Waals surface area (Å²) in [5.41, 5.74) is -0.340. The highest BCUT2D eigenvalue weighted by Crippen LogP contribution is 2.28. The SMILES string of the molecule is CC(C)(C)S/N=C\c1ccc(C(F)(F)F)cn1. The average molecular weight is 262 g/mol. The fraction of sp³-hybridized carbons (Fsp3) is 0.455. The summed E-state index contributed by atoms with van der Waals surface area (Å²) in [6.07, 6.45) is -2.08. The van der Waals surface area contributed by atoms with Gasteiger partial charge >= 0.3 is 6.18 Å². The van der Waals surface area contributed by atoms with Gasteiger partial charge in [-0.1, -0.05) is 0 Å². The molecule has 0 bridgehead atoms. The molecule has 1 heterocycles. The maximum absolute atomic E-state index is 12.3. The molecule has 0 unspecified atom stereocenters. The molecule has 1 aromatic heterocycles. The van der Waals surface area contributed by atoms with Crippen molar-refractivity contribution in [1.82, 2.24) is 4.98 Å². The topological polar surface area (TPSA) is 25.2 Å². The lowest BCUT2D eigenvalue weighted by molar-refractivity contribution is -0.137. The second-order valence-corrected chi connectivity index (χ2v) is 6.03. The van der Waals surface area contributed by atoms with Crippen LogP contribution in [-0.4, -0.2) is 15.9 Å². The van der Waals surface area contributed by atoms with E-state index in [1.54, 1.807) is 0 Å². The number of hydrogen-bond acceptors (Lipinski definition) is 3. The zero-order valence-corrected chi connectivity index (χ0v) is 10.6. The first-order chi connectivity index (χ1) is 7.68. The van der Waals surface area contributed by atoms with Crippen LogP contribution in [-0.2, 0) is 6.18 Å². The van der Waals surface area contributed by atoms with E-state index >= 15 is 0 Å². The molecule has 0 aliphatic heterocycles. The molecule has 0 saturated carbocycles. The number of hydrogen-bond donors (Lipinski definition) is 0. The fourth-order valence-corrected chi connectivity index (χ4v) is 1.36. The van der Waals surface area contributed by atoms with Crippen molar-refractivity contribution in [2.24, 2.45) is 4.40 Å². The Morgan fingerprint density at radius 2 is 1.88 bits per heavy atom. The molecule has 6 heteroatoms. The molecule has 0 fully saturated rings. The van der Waals surface area contributed by atoms with Gasteiger partial charge in [-0.15, -0.1) is 0 Å². The lowest BCUT2D eigenvalue weighted by atomic mass is 10.2. The Kier molecular flexibility index (Phi) is 4.19. The van der Waals surface area contributed by atoms with Crippen molar-refractivity contribution in [3.05, 3.63) is 29.6 Å². The van der Waals surface area contributed by atoms with Gasteiger partial charge in [0.25, 0.3) is 0 Å². The molecule has 0 amide bonds. The zero-order chi connectivity index (χ0) is 13.1. The van der Waals surface area contributed by atoms with Crippen LogP contribution >= 0.6 is 11.9 Å². The summed E-state index contributed by atoms with van der Waals surface area (Å²) in [4.78, 5) is 3.68. The van der Waals surface area contributed by atoms with Crippen LogP contribution in [0.4, 0.5) is 13.2 Å². The molecule has 0 spiro atoms. The van der Waals surface area contributed by atoms with E-state index in [0.29, 0.717) is 5.69 Å². The number of halogens is 3. The third-order valence-electron chi connectivity index (χ3n) is 1.63. The predicted molar refractivity (Wildman–Crippen MR) is 64.2 cm³/mol. The highest BCUT2D eigenvalue weighted by atomic mass is 32.2. The molecule has 0 N–H and O–H groups in total. The molecule has 0 saturated heterocycles. The van der Waals surface area contributed by atoms with Crippen molar-refractivity contribution in [3.8, 4) is 0 Å². The standard InChI is InChI=1S/C11H13F3N2S/c1-10(2,3)17-16-7-9-5-4-8(6-15-9)11(12,13)14/h4-7H,1-3H3/b16-7-. The average Bonchev–Trinajstić information content (AvgIpc) is 2.15. The van der Waals surface area contributed by atoms with Gasteiger partial charge in [0.1, 0.15) is 0 Å². The summed E-state index contributed by atoms with van der Waals surface area (Å²) in [5, 5.41) is 0. The third kappa shape index (κ3) is 5.21. The van der Waals surface area contributed by atoms with Gasteiger partial charge < -0.3 is 0 Å². The van der Waals surface area contributed by atoms with E-state index in [1.807, 2.05) is 20.8 Å². The molecule has 1 aromatic rings. The van der Waals surface area contributed by atoms with Crippen LogP contribution in [0.3, 0.4) is 0 Å². The molecule has 0 radical (unpaired) electrons. The van der Waals surface area contributed by atoms with E-state index in [9.17, 15) is 13.2 Å². The van der Waals surface area contributed by atoms with Crippen molar-refractivity contribution >= 4 is 18.2 Å². The molecule has 0 aliphatic carbocycles. The molecule has 17 heavy (non-hydrogen) atoms. The molecule has 2 nitrogen and oxygen atoms in total. The Morgan fingerprint density at radius 3 is 2.29 bits per heavy atom. The Bertz CT molecular complexity index is 391. The molecular formula is C11H13F3N2S. The van der Waals surface area contributed by atoms with Gasteiger partial charge in [-0.3, -0.25) is 4.98 Å². The maximum atomic E-state index is 12.3. The molecule has 94 valence electrons. The number of nitrogens with zero attached hydrogens (tertiary/aromatic N) is 2. The van der Waals surface area contributed by atoms with E-state index in [2.05, 4.69) is 9.38 Å². The smallest absolute Gasteiger partial charge is 0.255 e. The molecule has 0 aliphatic rings. The third-order valence-corrected chi connectivity index (χ3v) is 2.38. The summed E-state index contributed by atoms with van der Waals surface area (Å²) in [6, 6.07) is 2.30. The Hall–Kier alpha value is -1.04. The predicted octanol–water partition coefficient (Wildman–Crippen LogP) is 3.97. The highest BCUT2D eigenvalue weighted by molar-refractivity contribution is 7.99. The lowest BCUT2D eigenvalue weighted by Crippen LogP contribution is -2.06. The zero-order valence-electron chi connectivity index (χ0n) is 9.75. The van der Waals surface area contributed by atoms with Crippen LogP contribution in [0, 0.1) is 0 Å². The van der Waals surface area contributed by atoms with Gasteiger partial charge in [-0.2, -0.15) is 13.2 Å². The number of alkyl halides is 3. The summed E-state index contributed by atoms with van der Waals surface area (Å²) >= 11 is 1.35. The van der Waals surface area contributed by atoms with Crippen molar-refractivity contribution in [1.29, 1.82) is 0 Å². The first-order valence-electron chi connectivity index (χ1n) is 4.93. The van der Waals surface area contributed by atoms with Gasteiger partial charge in [-0.25, -0.2) is 4.40 Å². The van der Waals surface area contributed by atoms with E-state index in [4.69, 9.17) is 0 Å².